The summed E-state index contributed by atoms with van der Waals surface area (Å²) in [5, 5.41) is 5.98. The van der Waals surface area contributed by atoms with Crippen LogP contribution in [0.1, 0.15) is 32.3 Å². The quantitative estimate of drug-likeness (QED) is 0.636. The number of aromatic amines is 1. The first-order valence-corrected chi connectivity index (χ1v) is 9.56. The average Bonchev–Trinajstić information content (AvgIpc) is 3.07. The van der Waals surface area contributed by atoms with Gasteiger partial charge in [-0.2, -0.15) is 0 Å². The molecule has 4 heterocycles. The average molecular weight is 357 g/mol. The van der Waals surface area contributed by atoms with Crippen LogP contribution in [0.4, 0.5) is 0 Å². The van der Waals surface area contributed by atoms with E-state index < -0.39 is 0 Å². The van der Waals surface area contributed by atoms with Gasteiger partial charge in [-0.15, -0.1) is 0 Å². The van der Waals surface area contributed by atoms with Crippen molar-refractivity contribution in [2.24, 2.45) is 0 Å². The number of nitrogens with zero attached hydrogens (tertiary/aromatic N) is 2. The summed E-state index contributed by atoms with van der Waals surface area (Å²) >= 11 is 0. The zero-order chi connectivity index (χ0) is 18.1. The second-order valence-corrected chi connectivity index (χ2v) is 7.19. The van der Waals surface area contributed by atoms with Crippen LogP contribution in [0.2, 0.25) is 0 Å². The van der Waals surface area contributed by atoms with Gasteiger partial charge >= 0.3 is 5.97 Å². The van der Waals surface area contributed by atoms with E-state index in [1.807, 2.05) is 24.4 Å². The lowest BCUT2D eigenvalue weighted by molar-refractivity contribution is -0.186. The Balaban J connectivity index is 1.51. The van der Waals surface area contributed by atoms with E-state index in [4.69, 9.17) is 9.47 Å². The zero-order valence-corrected chi connectivity index (χ0v) is 15.5. The molecule has 6 heteroatoms. The third-order valence-corrected chi connectivity index (χ3v) is 5.53. The molecule has 0 aliphatic carbocycles. The van der Waals surface area contributed by atoms with Crippen molar-refractivity contribution in [1.82, 2.24) is 15.0 Å². The maximum absolute atomic E-state index is 11.4. The Labute approximate surface area is 154 Å². The third kappa shape index (κ3) is 3.37. The summed E-state index contributed by atoms with van der Waals surface area (Å²) in [7, 11) is 0. The summed E-state index contributed by atoms with van der Waals surface area (Å²) < 4.78 is 11.3. The minimum absolute atomic E-state index is 0.288. The van der Waals surface area contributed by atoms with Gasteiger partial charge in [0.05, 0.1) is 12.7 Å². The summed E-state index contributed by atoms with van der Waals surface area (Å²) in [6, 6.07) is 6.30. The number of ether oxygens (including phenoxy) is 2. The van der Waals surface area contributed by atoms with Crippen molar-refractivity contribution in [3.05, 3.63) is 30.0 Å². The maximum Gasteiger partial charge on any atom is 0.308 e. The molecule has 6 nitrogen and oxygen atoms in total. The van der Waals surface area contributed by atoms with E-state index >= 15 is 0 Å². The number of hydrogen-bond donors (Lipinski definition) is 1. The number of esters is 1. The highest BCUT2D eigenvalue weighted by molar-refractivity contribution is 5.91. The van der Waals surface area contributed by atoms with Crippen molar-refractivity contribution >= 4 is 16.9 Å². The number of nitrogens with one attached hydrogen (secondary N) is 1. The van der Waals surface area contributed by atoms with E-state index in [0.29, 0.717) is 17.9 Å². The van der Waals surface area contributed by atoms with Gasteiger partial charge in [0, 0.05) is 49.7 Å². The van der Waals surface area contributed by atoms with Crippen molar-refractivity contribution < 1.29 is 14.3 Å². The summed E-state index contributed by atoms with van der Waals surface area (Å²) in [5.41, 5.74) is 2.20. The second-order valence-electron chi connectivity index (χ2n) is 7.19. The smallest absolute Gasteiger partial charge is 0.308 e. The van der Waals surface area contributed by atoms with Crippen LogP contribution in [0, 0.1) is 0 Å². The zero-order valence-electron chi connectivity index (χ0n) is 15.5. The molecule has 0 saturated carbocycles. The molecule has 2 aromatic rings. The molecular formula is C20H27N3O3. The van der Waals surface area contributed by atoms with Crippen LogP contribution in [0.5, 0.6) is 5.75 Å². The number of carbonyl (C=O) groups is 1. The Bertz CT molecular complexity index is 780. The summed E-state index contributed by atoms with van der Waals surface area (Å²) in [6.07, 6.45) is 5.74. The predicted molar refractivity (Wildman–Crippen MR) is 100 cm³/mol. The molecule has 3 saturated heterocycles. The highest BCUT2D eigenvalue weighted by Crippen LogP contribution is 2.31. The molecule has 0 unspecified atom stereocenters. The molecule has 5 rings (SSSR count). The molecule has 140 valence electrons. The molecule has 1 aromatic carbocycles. The molecule has 2 atom stereocenters. The van der Waals surface area contributed by atoms with Crippen LogP contribution in [0.15, 0.2) is 24.4 Å². The van der Waals surface area contributed by atoms with E-state index in [-0.39, 0.29) is 5.97 Å². The normalized spacial score (nSPS) is 23.0. The van der Waals surface area contributed by atoms with Gasteiger partial charge in [0.1, 0.15) is 5.75 Å². The summed E-state index contributed by atoms with van der Waals surface area (Å²) in [4.78, 5) is 14.7. The minimum Gasteiger partial charge on any atom is -0.426 e. The summed E-state index contributed by atoms with van der Waals surface area (Å²) in [5.74, 6) is 0.351. The second kappa shape index (κ2) is 7.39. The van der Waals surface area contributed by atoms with Crippen LogP contribution >= 0.6 is 0 Å². The number of hydrogen-bond acceptors (Lipinski definition) is 5. The number of hydrazine groups is 1. The van der Waals surface area contributed by atoms with Gasteiger partial charge in [0.25, 0.3) is 0 Å². The van der Waals surface area contributed by atoms with Crippen molar-refractivity contribution in [3.63, 3.8) is 0 Å². The maximum atomic E-state index is 11.4. The van der Waals surface area contributed by atoms with Crippen molar-refractivity contribution in [1.29, 1.82) is 0 Å². The lowest BCUT2D eigenvalue weighted by Crippen LogP contribution is -2.61. The van der Waals surface area contributed by atoms with Gasteiger partial charge in [-0.25, -0.2) is 10.0 Å². The molecular weight excluding hydrogens is 330 g/mol. The SMILES string of the molecule is CCN(CCc1c[nH]c2cccc(OC(C)=O)c12)N1C[C@H]2CC[C@@H]1CO2. The number of fused-ring (bicyclic) bond motifs is 4. The van der Waals surface area contributed by atoms with Gasteiger partial charge in [0.15, 0.2) is 0 Å². The number of carbonyl (C=O) groups excluding carboxylic acids is 1. The Morgan fingerprint density at radius 1 is 1.42 bits per heavy atom. The van der Waals surface area contributed by atoms with E-state index in [1.165, 1.54) is 25.3 Å². The van der Waals surface area contributed by atoms with Crippen LogP contribution in [-0.4, -0.2) is 59.4 Å². The summed E-state index contributed by atoms with van der Waals surface area (Å²) in [6.45, 7) is 7.44. The van der Waals surface area contributed by atoms with E-state index in [0.717, 1.165) is 43.6 Å². The number of morpholine rings is 1. The van der Waals surface area contributed by atoms with E-state index in [1.54, 1.807) is 0 Å². The lowest BCUT2D eigenvalue weighted by atomic mass is 9.98. The van der Waals surface area contributed by atoms with E-state index in [9.17, 15) is 4.79 Å². The van der Waals surface area contributed by atoms with Crippen molar-refractivity contribution in [3.8, 4) is 5.75 Å². The number of likely N-dealkylation sites (N-methyl/N-ethyl adjacent to an activating group) is 1. The van der Waals surface area contributed by atoms with Gasteiger partial charge < -0.3 is 14.5 Å². The number of piperidine rings is 1. The minimum atomic E-state index is -0.288. The number of rotatable bonds is 6. The Morgan fingerprint density at radius 2 is 2.31 bits per heavy atom. The first-order chi connectivity index (χ1) is 12.7. The van der Waals surface area contributed by atoms with Gasteiger partial charge in [-0.05, 0) is 37.0 Å². The fourth-order valence-electron chi connectivity index (χ4n) is 4.25. The van der Waals surface area contributed by atoms with Gasteiger partial charge in [-0.1, -0.05) is 13.0 Å². The molecule has 0 radical (unpaired) electrons. The lowest BCUT2D eigenvalue weighted by Gasteiger charge is -2.49. The predicted octanol–water partition coefficient (Wildman–Crippen LogP) is 2.74. The fraction of sp³-hybridized carbons (Fsp3) is 0.550. The molecule has 1 N–H and O–H groups in total. The molecule has 3 aliphatic rings. The van der Waals surface area contributed by atoms with Gasteiger partial charge in [0.2, 0.25) is 0 Å². The molecule has 0 spiro atoms. The Kier molecular flexibility index (Phi) is 4.98. The Hall–Kier alpha value is -1.89. The monoisotopic (exact) mass is 357 g/mol. The number of aromatic nitrogens is 1. The number of H-pyrrole nitrogens is 1. The largest absolute Gasteiger partial charge is 0.426 e. The van der Waals surface area contributed by atoms with Crippen molar-refractivity contribution in [2.45, 2.75) is 45.3 Å². The molecule has 0 amide bonds. The van der Waals surface area contributed by atoms with Crippen molar-refractivity contribution in [2.75, 3.05) is 26.2 Å². The van der Waals surface area contributed by atoms with Crippen LogP contribution in [0.3, 0.4) is 0 Å². The van der Waals surface area contributed by atoms with Crippen LogP contribution in [0.25, 0.3) is 10.9 Å². The van der Waals surface area contributed by atoms with Gasteiger partial charge in [-0.3, -0.25) is 4.79 Å². The first-order valence-electron chi connectivity index (χ1n) is 9.56. The third-order valence-electron chi connectivity index (χ3n) is 5.53. The molecule has 3 aliphatic heterocycles. The van der Waals surface area contributed by atoms with E-state index in [2.05, 4.69) is 21.9 Å². The first kappa shape index (κ1) is 17.5. The molecule has 3 fully saturated rings. The highest BCUT2D eigenvalue weighted by Gasteiger charge is 2.37. The Morgan fingerprint density at radius 3 is 2.96 bits per heavy atom. The van der Waals surface area contributed by atoms with Crippen LogP contribution in [-0.2, 0) is 16.0 Å². The van der Waals surface area contributed by atoms with Crippen LogP contribution < -0.4 is 4.74 Å². The standard InChI is InChI=1S/C20H27N3O3/c1-3-22(23-12-17-8-7-16(23)13-25-17)10-9-15-11-21-18-5-4-6-19(20(15)18)26-14(2)24/h4-6,11,16-17,21H,3,7-10,12-13H2,1-2H3/t16-,17-/m1/s1. The molecule has 2 bridgehead atoms. The number of benzene rings is 1. The highest BCUT2D eigenvalue weighted by atomic mass is 16.5. The molecule has 26 heavy (non-hydrogen) atoms. The fourth-order valence-corrected chi connectivity index (χ4v) is 4.25. The molecule has 1 aromatic heterocycles. The topological polar surface area (TPSA) is 57.8 Å².